The van der Waals surface area contributed by atoms with Gasteiger partial charge in [-0.2, -0.15) is 10.1 Å². The normalized spacial score (nSPS) is 14.5. The zero-order valence-corrected chi connectivity index (χ0v) is 21.1. The van der Waals surface area contributed by atoms with Crippen LogP contribution >= 0.6 is 15.9 Å². The number of carbonyl (C=O) groups excluding carboxylic acids is 1. The number of hydrogen-bond donors (Lipinski definition) is 0. The van der Waals surface area contributed by atoms with Crippen molar-refractivity contribution in [3.05, 3.63) is 111 Å². The molecule has 192 valence electrons. The second kappa shape index (κ2) is 10.0. The zero-order chi connectivity index (χ0) is 27.1. The highest BCUT2D eigenvalue weighted by Crippen LogP contribution is 2.36. The number of halogens is 6. The molecule has 0 saturated carbocycles. The Hall–Kier alpha value is -4.05. The summed E-state index contributed by atoms with van der Waals surface area (Å²) in [6, 6.07) is 18.3. The number of nitrogens with zero attached hydrogens (tertiary/aromatic N) is 2. The molecule has 1 heterocycles. The average Bonchev–Trinajstić information content (AvgIpc) is 3.19. The van der Waals surface area contributed by atoms with Crippen LogP contribution in [0.15, 0.2) is 75.8 Å². The fraction of sp³-hybridized carbons (Fsp3) is 0.0714. The third kappa shape index (κ3) is 4.45. The second-order valence-electron chi connectivity index (χ2n) is 8.39. The van der Waals surface area contributed by atoms with Crippen molar-refractivity contribution in [2.45, 2.75) is 13.5 Å². The second-order valence-corrected chi connectivity index (χ2v) is 9.31. The van der Waals surface area contributed by atoms with Crippen LogP contribution in [-0.2, 0) is 11.4 Å². The Kier molecular flexibility index (Phi) is 6.75. The van der Waals surface area contributed by atoms with E-state index in [1.807, 2.05) is 48.5 Å². The van der Waals surface area contributed by atoms with Crippen molar-refractivity contribution >= 4 is 50.1 Å². The summed E-state index contributed by atoms with van der Waals surface area (Å²) in [6.07, 6.45) is 1.44. The van der Waals surface area contributed by atoms with Gasteiger partial charge in [-0.3, -0.25) is 4.79 Å². The number of anilines is 1. The van der Waals surface area contributed by atoms with E-state index >= 15 is 0 Å². The molecule has 38 heavy (non-hydrogen) atoms. The lowest BCUT2D eigenvalue weighted by Crippen LogP contribution is -2.25. The highest BCUT2D eigenvalue weighted by molar-refractivity contribution is 9.10. The van der Waals surface area contributed by atoms with Gasteiger partial charge in [-0.25, -0.2) is 22.0 Å². The first-order valence-electron chi connectivity index (χ1n) is 11.2. The van der Waals surface area contributed by atoms with Gasteiger partial charge in [0.2, 0.25) is 5.82 Å². The van der Waals surface area contributed by atoms with Gasteiger partial charge in [-0.1, -0.05) is 58.4 Å². The van der Waals surface area contributed by atoms with Gasteiger partial charge >= 0.3 is 0 Å². The molecule has 1 aliphatic rings. The van der Waals surface area contributed by atoms with E-state index in [0.717, 1.165) is 15.4 Å². The SMILES string of the molecule is CC1=NN(c2c(F)c(F)c(F)c(F)c2F)C(=O)/C1=C\c1c(OCc2ccc(Br)cc2)ccc2ccccc12. The molecule has 1 aliphatic heterocycles. The molecule has 4 nitrogen and oxygen atoms in total. The standard InChI is InChI=1S/C28H16BrF5N2O2/c1-14-19(28(37)36(35-14)27-25(33)23(31)22(30)24(32)26(27)34)12-20-18-5-3-2-4-16(18)8-11-21(20)38-13-15-6-9-17(29)10-7-15/h2-12H,13H2,1H3/b19-12-. The number of rotatable bonds is 5. The van der Waals surface area contributed by atoms with Crippen molar-refractivity contribution in [1.29, 1.82) is 0 Å². The molecular weight excluding hydrogens is 571 g/mol. The number of amides is 1. The Balaban J connectivity index is 1.58. The highest BCUT2D eigenvalue weighted by atomic mass is 79.9. The average molecular weight is 587 g/mol. The molecule has 0 aliphatic carbocycles. The summed E-state index contributed by atoms with van der Waals surface area (Å²) in [5.41, 5.74) is -0.159. The lowest BCUT2D eigenvalue weighted by Gasteiger charge is -2.15. The molecule has 10 heteroatoms. The van der Waals surface area contributed by atoms with Gasteiger partial charge in [-0.05, 0) is 47.5 Å². The molecule has 0 radical (unpaired) electrons. The first kappa shape index (κ1) is 25.6. The highest BCUT2D eigenvalue weighted by Gasteiger charge is 2.37. The first-order valence-corrected chi connectivity index (χ1v) is 12.0. The molecule has 4 aromatic rings. The van der Waals surface area contributed by atoms with E-state index in [1.54, 1.807) is 12.1 Å². The van der Waals surface area contributed by atoms with Gasteiger partial charge in [0.15, 0.2) is 23.3 Å². The predicted molar refractivity (Wildman–Crippen MR) is 137 cm³/mol. The molecule has 0 unspecified atom stereocenters. The Labute approximate surface area is 221 Å². The summed E-state index contributed by atoms with van der Waals surface area (Å²) in [4.78, 5) is 13.2. The van der Waals surface area contributed by atoms with Crippen LogP contribution in [0.25, 0.3) is 16.8 Å². The van der Waals surface area contributed by atoms with Crippen LogP contribution in [0.3, 0.4) is 0 Å². The third-order valence-electron chi connectivity index (χ3n) is 5.99. The molecule has 0 N–H and O–H groups in total. The van der Waals surface area contributed by atoms with Crippen LogP contribution in [0.1, 0.15) is 18.1 Å². The summed E-state index contributed by atoms with van der Waals surface area (Å²) >= 11 is 3.38. The quantitative estimate of drug-likeness (QED) is 0.104. The summed E-state index contributed by atoms with van der Waals surface area (Å²) < 4.78 is 77.0. The summed E-state index contributed by atoms with van der Waals surface area (Å²) in [5.74, 6) is -11.6. The Morgan fingerprint density at radius 2 is 1.50 bits per heavy atom. The Morgan fingerprint density at radius 3 is 2.18 bits per heavy atom. The maximum Gasteiger partial charge on any atom is 0.280 e. The van der Waals surface area contributed by atoms with Gasteiger partial charge in [0, 0.05) is 10.0 Å². The van der Waals surface area contributed by atoms with Crippen LogP contribution in [0.4, 0.5) is 27.6 Å². The van der Waals surface area contributed by atoms with Crippen LogP contribution < -0.4 is 9.75 Å². The van der Waals surface area contributed by atoms with Crippen LogP contribution in [-0.4, -0.2) is 11.6 Å². The van der Waals surface area contributed by atoms with E-state index in [-0.39, 0.29) is 22.9 Å². The monoisotopic (exact) mass is 586 g/mol. The lowest BCUT2D eigenvalue weighted by atomic mass is 9.99. The van der Waals surface area contributed by atoms with Crippen molar-refractivity contribution in [1.82, 2.24) is 0 Å². The van der Waals surface area contributed by atoms with E-state index < -0.39 is 40.7 Å². The van der Waals surface area contributed by atoms with Gasteiger partial charge < -0.3 is 4.74 Å². The van der Waals surface area contributed by atoms with Gasteiger partial charge in [-0.15, -0.1) is 0 Å². The number of carbonyl (C=O) groups is 1. The van der Waals surface area contributed by atoms with Crippen molar-refractivity contribution in [3.8, 4) is 5.75 Å². The molecule has 0 bridgehead atoms. The van der Waals surface area contributed by atoms with E-state index in [2.05, 4.69) is 21.0 Å². The molecule has 0 spiro atoms. The van der Waals surface area contributed by atoms with Crippen molar-refractivity contribution in [2.75, 3.05) is 5.01 Å². The van der Waals surface area contributed by atoms with E-state index in [9.17, 15) is 26.7 Å². The molecule has 5 rings (SSSR count). The maximum absolute atomic E-state index is 14.4. The minimum Gasteiger partial charge on any atom is -0.488 e. The summed E-state index contributed by atoms with van der Waals surface area (Å²) in [5, 5.41) is 5.54. The maximum atomic E-state index is 14.4. The Bertz CT molecular complexity index is 1640. The van der Waals surface area contributed by atoms with Crippen LogP contribution in [0.5, 0.6) is 5.75 Å². The smallest absolute Gasteiger partial charge is 0.280 e. The number of benzene rings is 4. The minimum absolute atomic E-state index is 0.0192. The van der Waals surface area contributed by atoms with Crippen LogP contribution in [0, 0.1) is 29.1 Å². The van der Waals surface area contributed by atoms with Crippen molar-refractivity contribution in [3.63, 3.8) is 0 Å². The van der Waals surface area contributed by atoms with Gasteiger partial charge in [0.05, 0.1) is 11.3 Å². The largest absolute Gasteiger partial charge is 0.488 e. The van der Waals surface area contributed by atoms with Gasteiger partial charge in [0.25, 0.3) is 5.91 Å². The molecule has 0 atom stereocenters. The van der Waals surface area contributed by atoms with Gasteiger partial charge in [0.1, 0.15) is 18.0 Å². The first-order chi connectivity index (χ1) is 18.2. The number of hydrogen-bond acceptors (Lipinski definition) is 3. The van der Waals surface area contributed by atoms with E-state index in [0.29, 0.717) is 16.7 Å². The molecule has 0 aromatic heterocycles. The van der Waals surface area contributed by atoms with Crippen LogP contribution in [0.2, 0.25) is 0 Å². The van der Waals surface area contributed by atoms with E-state index in [1.165, 1.54) is 13.0 Å². The third-order valence-corrected chi connectivity index (χ3v) is 6.52. The van der Waals surface area contributed by atoms with Crippen molar-refractivity contribution < 1.29 is 31.5 Å². The van der Waals surface area contributed by atoms with E-state index in [4.69, 9.17) is 4.74 Å². The minimum atomic E-state index is -2.32. The molecular formula is C28H16BrF5N2O2. The zero-order valence-electron chi connectivity index (χ0n) is 19.5. The fourth-order valence-electron chi connectivity index (χ4n) is 4.05. The fourth-order valence-corrected chi connectivity index (χ4v) is 4.32. The summed E-state index contributed by atoms with van der Waals surface area (Å²) in [7, 11) is 0. The predicted octanol–water partition coefficient (Wildman–Crippen LogP) is 7.68. The lowest BCUT2D eigenvalue weighted by molar-refractivity contribution is -0.114. The molecule has 0 saturated heterocycles. The Morgan fingerprint density at radius 1 is 0.868 bits per heavy atom. The molecule has 1 amide bonds. The number of ether oxygens (including phenoxy) is 1. The topological polar surface area (TPSA) is 41.9 Å². The summed E-state index contributed by atoms with van der Waals surface area (Å²) in [6.45, 7) is 1.60. The number of fused-ring (bicyclic) bond motifs is 1. The molecule has 0 fully saturated rings. The van der Waals surface area contributed by atoms with Crippen molar-refractivity contribution in [2.24, 2.45) is 5.10 Å². The molecule has 4 aromatic carbocycles. The number of hydrazone groups is 1.